The summed E-state index contributed by atoms with van der Waals surface area (Å²) in [7, 11) is 0. The lowest BCUT2D eigenvalue weighted by molar-refractivity contribution is -0.0817. The van der Waals surface area contributed by atoms with Gasteiger partial charge in [0.05, 0.1) is 12.7 Å². The Kier molecular flexibility index (Phi) is 10.7. The number of nitrogens with zero attached hydrogens (tertiary/aromatic N) is 3. The predicted molar refractivity (Wildman–Crippen MR) is 121 cm³/mol. The minimum Gasteiger partial charge on any atom is -0.375 e. The lowest BCUT2D eigenvalue weighted by Gasteiger charge is -2.37. The molecule has 158 valence electrons. The summed E-state index contributed by atoms with van der Waals surface area (Å²) in [6.45, 7) is 13.5. The van der Waals surface area contributed by atoms with Crippen LogP contribution in [0.25, 0.3) is 0 Å². The summed E-state index contributed by atoms with van der Waals surface area (Å²) >= 11 is 0. The maximum atomic E-state index is 5.98. The van der Waals surface area contributed by atoms with Crippen molar-refractivity contribution in [2.75, 3.05) is 59.0 Å². The molecular formula is C20H39IN4O2. The van der Waals surface area contributed by atoms with E-state index in [1.165, 1.54) is 32.5 Å². The molecule has 3 aliphatic rings. The first-order chi connectivity index (χ1) is 12.8. The van der Waals surface area contributed by atoms with Crippen LogP contribution in [-0.4, -0.2) is 87.0 Å². The third kappa shape index (κ3) is 7.33. The lowest BCUT2D eigenvalue weighted by Crippen LogP contribution is -2.53. The highest BCUT2D eigenvalue weighted by Crippen LogP contribution is 2.21. The zero-order chi connectivity index (χ0) is 18.2. The van der Waals surface area contributed by atoms with Crippen LogP contribution in [0.4, 0.5) is 0 Å². The van der Waals surface area contributed by atoms with E-state index in [2.05, 4.69) is 29.0 Å². The van der Waals surface area contributed by atoms with Gasteiger partial charge in [0.25, 0.3) is 0 Å². The highest BCUT2D eigenvalue weighted by molar-refractivity contribution is 14.0. The molecule has 3 heterocycles. The van der Waals surface area contributed by atoms with Gasteiger partial charge >= 0.3 is 0 Å². The first-order valence-corrected chi connectivity index (χ1v) is 10.7. The quantitative estimate of drug-likeness (QED) is 0.266. The average Bonchev–Trinajstić information content (AvgIpc) is 3.21. The Hall–Kier alpha value is -0.120. The Bertz CT molecular complexity index is 438. The Morgan fingerprint density at radius 3 is 2.56 bits per heavy atom. The van der Waals surface area contributed by atoms with E-state index in [1.54, 1.807) is 0 Å². The van der Waals surface area contributed by atoms with Crippen molar-refractivity contribution in [3.05, 3.63) is 0 Å². The van der Waals surface area contributed by atoms with Crippen molar-refractivity contribution in [1.29, 1.82) is 0 Å². The molecule has 0 aromatic rings. The van der Waals surface area contributed by atoms with Gasteiger partial charge in [0.2, 0.25) is 0 Å². The SMILES string of the molecule is CCNC(=NCCCN1CCC(C)CC1)N1CCOC(C2CCCO2)C1.I. The predicted octanol–water partition coefficient (Wildman–Crippen LogP) is 2.57. The second-order valence-electron chi connectivity index (χ2n) is 8.02. The standard InChI is InChI=1S/C20H38N4O2.HI/c1-3-21-20(22-9-5-10-23-11-7-17(2)8-12-23)24-13-15-26-19(16-24)18-6-4-14-25-18;/h17-19H,3-16H2,1-2H3,(H,21,22);1H. The van der Waals surface area contributed by atoms with Gasteiger partial charge in [0.15, 0.2) is 5.96 Å². The molecular weight excluding hydrogens is 455 g/mol. The minimum absolute atomic E-state index is 0. The van der Waals surface area contributed by atoms with Crippen LogP contribution in [0.1, 0.15) is 46.0 Å². The summed E-state index contributed by atoms with van der Waals surface area (Å²) in [5, 5.41) is 3.47. The summed E-state index contributed by atoms with van der Waals surface area (Å²) in [5.41, 5.74) is 0. The minimum atomic E-state index is 0. The van der Waals surface area contributed by atoms with Crippen molar-refractivity contribution in [1.82, 2.24) is 15.1 Å². The molecule has 0 aromatic carbocycles. The van der Waals surface area contributed by atoms with Gasteiger partial charge in [-0.3, -0.25) is 4.99 Å². The molecule has 3 aliphatic heterocycles. The molecule has 3 rings (SSSR count). The van der Waals surface area contributed by atoms with Gasteiger partial charge < -0.3 is 24.6 Å². The molecule has 2 unspecified atom stereocenters. The van der Waals surface area contributed by atoms with Gasteiger partial charge in [-0.05, 0) is 64.6 Å². The molecule has 0 aromatic heterocycles. The number of piperidine rings is 1. The van der Waals surface area contributed by atoms with Gasteiger partial charge in [-0.25, -0.2) is 0 Å². The zero-order valence-electron chi connectivity index (χ0n) is 17.2. The first-order valence-electron chi connectivity index (χ1n) is 10.7. The fourth-order valence-corrected chi connectivity index (χ4v) is 4.18. The summed E-state index contributed by atoms with van der Waals surface area (Å²) in [5.74, 6) is 1.95. The van der Waals surface area contributed by atoms with Gasteiger partial charge in [-0.15, -0.1) is 24.0 Å². The fraction of sp³-hybridized carbons (Fsp3) is 0.950. The lowest BCUT2D eigenvalue weighted by atomic mass is 9.99. The maximum absolute atomic E-state index is 5.98. The second kappa shape index (κ2) is 12.4. The highest BCUT2D eigenvalue weighted by Gasteiger charge is 2.32. The molecule has 27 heavy (non-hydrogen) atoms. The highest BCUT2D eigenvalue weighted by atomic mass is 127. The molecule has 1 N–H and O–H groups in total. The largest absolute Gasteiger partial charge is 0.375 e. The number of rotatable bonds is 6. The van der Waals surface area contributed by atoms with Crippen LogP contribution in [0.5, 0.6) is 0 Å². The van der Waals surface area contributed by atoms with E-state index in [9.17, 15) is 0 Å². The molecule has 3 saturated heterocycles. The van der Waals surface area contributed by atoms with E-state index in [-0.39, 0.29) is 36.2 Å². The number of likely N-dealkylation sites (tertiary alicyclic amines) is 1. The maximum Gasteiger partial charge on any atom is 0.194 e. The summed E-state index contributed by atoms with van der Waals surface area (Å²) in [6.07, 6.45) is 6.58. The van der Waals surface area contributed by atoms with Gasteiger partial charge in [0, 0.05) is 32.8 Å². The van der Waals surface area contributed by atoms with E-state index in [0.29, 0.717) is 0 Å². The molecule has 0 aliphatic carbocycles. The second-order valence-corrected chi connectivity index (χ2v) is 8.02. The van der Waals surface area contributed by atoms with Crippen molar-refractivity contribution in [3.8, 4) is 0 Å². The molecule has 0 spiro atoms. The van der Waals surface area contributed by atoms with Crippen LogP contribution >= 0.6 is 24.0 Å². The molecule has 0 amide bonds. The topological polar surface area (TPSA) is 49.3 Å². The normalized spacial score (nSPS) is 28.2. The van der Waals surface area contributed by atoms with Crippen molar-refractivity contribution in [2.45, 2.75) is 58.2 Å². The van der Waals surface area contributed by atoms with E-state index in [1.807, 2.05) is 0 Å². The third-order valence-electron chi connectivity index (χ3n) is 5.88. The Balaban J connectivity index is 0.00000261. The smallest absolute Gasteiger partial charge is 0.194 e. The van der Waals surface area contributed by atoms with Crippen LogP contribution in [0, 0.1) is 5.92 Å². The fourth-order valence-electron chi connectivity index (χ4n) is 4.18. The molecule has 7 heteroatoms. The Labute approximate surface area is 182 Å². The third-order valence-corrected chi connectivity index (χ3v) is 5.88. The number of guanidine groups is 1. The molecule has 0 bridgehead atoms. The Morgan fingerprint density at radius 1 is 1.07 bits per heavy atom. The van der Waals surface area contributed by atoms with E-state index in [0.717, 1.165) is 70.5 Å². The van der Waals surface area contributed by atoms with E-state index in [4.69, 9.17) is 14.5 Å². The van der Waals surface area contributed by atoms with Crippen LogP contribution in [0.3, 0.4) is 0 Å². The van der Waals surface area contributed by atoms with Crippen LogP contribution in [0.2, 0.25) is 0 Å². The number of nitrogens with one attached hydrogen (secondary N) is 1. The first kappa shape index (κ1) is 23.2. The number of ether oxygens (including phenoxy) is 2. The molecule has 3 fully saturated rings. The van der Waals surface area contributed by atoms with Gasteiger partial charge in [-0.1, -0.05) is 6.92 Å². The van der Waals surface area contributed by atoms with E-state index >= 15 is 0 Å². The summed E-state index contributed by atoms with van der Waals surface area (Å²) < 4.78 is 11.8. The summed E-state index contributed by atoms with van der Waals surface area (Å²) in [6, 6.07) is 0. The molecule has 0 saturated carbocycles. The zero-order valence-corrected chi connectivity index (χ0v) is 19.5. The van der Waals surface area contributed by atoms with Gasteiger partial charge in [-0.2, -0.15) is 0 Å². The number of aliphatic imine (C=N–C) groups is 1. The van der Waals surface area contributed by atoms with Crippen molar-refractivity contribution in [2.24, 2.45) is 10.9 Å². The number of morpholine rings is 1. The molecule has 0 radical (unpaired) electrons. The van der Waals surface area contributed by atoms with Gasteiger partial charge in [0.1, 0.15) is 6.10 Å². The number of hydrogen-bond acceptors (Lipinski definition) is 4. The number of hydrogen-bond donors (Lipinski definition) is 1. The molecule has 6 nitrogen and oxygen atoms in total. The Morgan fingerprint density at radius 2 is 1.85 bits per heavy atom. The monoisotopic (exact) mass is 494 g/mol. The number of halogens is 1. The van der Waals surface area contributed by atoms with Crippen LogP contribution in [-0.2, 0) is 9.47 Å². The van der Waals surface area contributed by atoms with Crippen LogP contribution < -0.4 is 5.32 Å². The van der Waals surface area contributed by atoms with Crippen molar-refractivity contribution in [3.63, 3.8) is 0 Å². The van der Waals surface area contributed by atoms with Crippen molar-refractivity contribution < 1.29 is 9.47 Å². The average molecular weight is 494 g/mol. The van der Waals surface area contributed by atoms with Crippen molar-refractivity contribution >= 4 is 29.9 Å². The van der Waals surface area contributed by atoms with Crippen LogP contribution in [0.15, 0.2) is 4.99 Å². The molecule has 2 atom stereocenters. The summed E-state index contributed by atoms with van der Waals surface area (Å²) in [4.78, 5) is 9.87. The van der Waals surface area contributed by atoms with E-state index < -0.39 is 0 Å².